The van der Waals surface area contributed by atoms with Crippen molar-refractivity contribution in [2.75, 3.05) is 86.6 Å². The second kappa shape index (κ2) is 17.7. The van der Waals surface area contributed by atoms with Gasteiger partial charge in [-0.05, 0) is 6.26 Å². The largest absolute Gasteiger partial charge is 0.756 e. The Bertz CT molecular complexity index is 1160. The Hall–Kier alpha value is -3.10. The molecule has 3 amide bonds. The molecule has 2 N–H and O–H groups in total. The molecule has 0 saturated heterocycles. The Morgan fingerprint density at radius 3 is 2.46 bits per heavy atom. The summed E-state index contributed by atoms with van der Waals surface area (Å²) in [5, 5.41) is 16.3. The molecule has 1 heterocycles. The maximum atomic E-state index is 12.4. The van der Waals surface area contributed by atoms with E-state index in [0.717, 1.165) is 22.7 Å². The molecule has 0 spiro atoms. The smallest absolute Gasteiger partial charge is 0.302 e. The lowest BCUT2D eigenvalue weighted by molar-refractivity contribution is -0.870. The highest BCUT2D eigenvalue weighted by Gasteiger charge is 2.19. The molecule has 0 aromatic carbocycles. The van der Waals surface area contributed by atoms with Crippen LogP contribution in [0.2, 0.25) is 0 Å². The summed E-state index contributed by atoms with van der Waals surface area (Å²) in [6.45, 7) is -1.23. The van der Waals surface area contributed by atoms with Gasteiger partial charge in [0.2, 0.25) is 11.8 Å². The summed E-state index contributed by atoms with van der Waals surface area (Å²) >= 11 is 1.08. The van der Waals surface area contributed by atoms with E-state index >= 15 is 0 Å². The number of likely N-dealkylation sites (N-methyl/N-ethyl adjacent to an activating group) is 1. The number of quaternary nitrogens is 1. The van der Waals surface area contributed by atoms with Crippen LogP contribution < -0.4 is 15.5 Å². The fraction of sp³-hybridized carbons (Fsp3) is 0.565. The minimum absolute atomic E-state index is 0.00458. The van der Waals surface area contributed by atoms with E-state index in [-0.39, 0.29) is 55.7 Å². The fourth-order valence-corrected chi connectivity index (χ4v) is 4.02. The first kappa shape index (κ1) is 35.9. The minimum Gasteiger partial charge on any atom is -0.756 e. The summed E-state index contributed by atoms with van der Waals surface area (Å²) in [4.78, 5) is 63.9. The lowest BCUT2D eigenvalue weighted by Crippen LogP contribution is -2.39. The predicted octanol–water partition coefficient (Wildman–Crippen LogP) is -0.756. The van der Waals surface area contributed by atoms with Crippen LogP contribution in [0.25, 0.3) is 0 Å². The van der Waals surface area contributed by atoms with Crippen LogP contribution in [0.4, 0.5) is 5.69 Å². The number of thioether (sulfide) groups is 1. The molecule has 0 fully saturated rings. The summed E-state index contributed by atoms with van der Waals surface area (Å²) in [5.41, 5.74) is -0.293. The molecule has 16 nitrogen and oxygen atoms in total. The Morgan fingerprint density at radius 2 is 1.85 bits per heavy atom. The molecule has 1 aromatic rings. The Balaban J connectivity index is 2.36. The number of nitrogens with zero attached hydrogens (tertiary/aromatic N) is 4. The number of phosphoric ester groups is 1. The Labute approximate surface area is 242 Å². The number of rotatable bonds is 19. The molecular formula is C23H35N6O10PS. The normalized spacial score (nSPS) is 12.6. The molecule has 0 aliphatic heterocycles. The molecule has 0 bridgehead atoms. The highest BCUT2D eigenvalue weighted by atomic mass is 32.2. The highest BCUT2D eigenvalue weighted by molar-refractivity contribution is 7.98. The molecular weight excluding hydrogens is 583 g/mol. The van der Waals surface area contributed by atoms with Crippen molar-refractivity contribution in [3.8, 4) is 12.3 Å². The van der Waals surface area contributed by atoms with Gasteiger partial charge in [0.15, 0.2) is 5.03 Å². The van der Waals surface area contributed by atoms with Crippen molar-refractivity contribution >= 4 is 43.0 Å². The van der Waals surface area contributed by atoms with Crippen LogP contribution in [-0.4, -0.2) is 124 Å². The third-order valence-corrected chi connectivity index (χ3v) is 6.63. The van der Waals surface area contributed by atoms with Gasteiger partial charge in [-0.25, -0.2) is 4.98 Å². The number of terminal acetylenes is 1. The van der Waals surface area contributed by atoms with Crippen LogP contribution in [0.5, 0.6) is 0 Å². The van der Waals surface area contributed by atoms with E-state index in [4.69, 9.17) is 20.2 Å². The number of carbonyl (C=O) groups is 3. The molecule has 1 aromatic heterocycles. The van der Waals surface area contributed by atoms with Crippen LogP contribution in [0, 0.1) is 22.5 Å². The number of amides is 3. The van der Waals surface area contributed by atoms with Crippen LogP contribution >= 0.6 is 19.6 Å². The zero-order valence-corrected chi connectivity index (χ0v) is 25.0. The average Bonchev–Trinajstić information content (AvgIpc) is 2.89. The van der Waals surface area contributed by atoms with E-state index in [1.165, 1.54) is 6.20 Å². The van der Waals surface area contributed by atoms with Gasteiger partial charge in [-0.2, -0.15) is 0 Å². The molecule has 1 unspecified atom stereocenters. The zero-order valence-electron chi connectivity index (χ0n) is 23.3. The first-order chi connectivity index (χ1) is 19.2. The zero-order chi connectivity index (χ0) is 31.1. The summed E-state index contributed by atoms with van der Waals surface area (Å²) in [6, 6.07) is 1.12. The van der Waals surface area contributed by atoms with Gasteiger partial charge in [-0.3, -0.25) is 29.1 Å². The Kier molecular flexibility index (Phi) is 15.5. The SMILES string of the molecule is C#CCN(CCOP(=O)([O-])OCC[N+](C)(C)C)C(=O)COCC(=O)NCCNC(=O)c1cnc(SC)c([N+](=O)[O-])c1. The van der Waals surface area contributed by atoms with Gasteiger partial charge in [-0.1, -0.05) is 5.92 Å². The third-order valence-electron chi connectivity index (χ3n) is 4.93. The van der Waals surface area contributed by atoms with Crippen molar-refractivity contribution in [1.29, 1.82) is 0 Å². The summed E-state index contributed by atoms with van der Waals surface area (Å²) in [7, 11) is 1.07. The number of pyridine rings is 1. The number of aromatic nitrogens is 1. The molecule has 18 heteroatoms. The molecule has 0 radical (unpaired) electrons. The standard InChI is InChI=1S/C23H35N6O10PS/c1-6-9-27(10-12-38-40(35,36)39-13-11-29(2,3)4)21(31)17-37-16-20(30)24-7-8-25-22(32)18-14-19(28(33)34)23(41-5)26-15-18/h1,14-15H,7-13,16-17H2,2-5H3,(H2-,24,25,30,32,35,36). The molecule has 228 valence electrons. The van der Waals surface area contributed by atoms with Gasteiger partial charge in [0.25, 0.3) is 13.7 Å². The number of hydrogen-bond acceptors (Lipinski definition) is 12. The fourth-order valence-electron chi connectivity index (χ4n) is 2.83. The van der Waals surface area contributed by atoms with Crippen LogP contribution in [0.1, 0.15) is 10.4 Å². The van der Waals surface area contributed by atoms with Gasteiger partial charge in [0, 0.05) is 31.9 Å². The van der Waals surface area contributed by atoms with Crippen molar-refractivity contribution in [3.63, 3.8) is 0 Å². The van der Waals surface area contributed by atoms with Crippen molar-refractivity contribution in [2.45, 2.75) is 5.03 Å². The number of ether oxygens (including phenoxy) is 1. The van der Waals surface area contributed by atoms with Crippen molar-refractivity contribution in [2.24, 2.45) is 0 Å². The Morgan fingerprint density at radius 1 is 1.20 bits per heavy atom. The molecule has 0 saturated carbocycles. The maximum absolute atomic E-state index is 12.4. The predicted molar refractivity (Wildman–Crippen MR) is 147 cm³/mol. The van der Waals surface area contributed by atoms with Crippen molar-refractivity contribution in [1.82, 2.24) is 20.5 Å². The summed E-state index contributed by atoms with van der Waals surface area (Å²) in [5.74, 6) is 0.512. The van der Waals surface area contributed by atoms with E-state index < -0.39 is 43.7 Å². The van der Waals surface area contributed by atoms with Gasteiger partial charge in [0.1, 0.15) is 26.4 Å². The van der Waals surface area contributed by atoms with E-state index in [1.807, 2.05) is 21.1 Å². The molecule has 1 rings (SSSR count). The van der Waals surface area contributed by atoms with Crippen LogP contribution in [0.15, 0.2) is 17.3 Å². The first-order valence-electron chi connectivity index (χ1n) is 12.1. The van der Waals surface area contributed by atoms with Gasteiger partial charge in [0.05, 0.1) is 44.8 Å². The first-order valence-corrected chi connectivity index (χ1v) is 14.8. The summed E-state index contributed by atoms with van der Waals surface area (Å²) in [6.07, 6.45) is 8.11. The number of hydrogen-bond donors (Lipinski definition) is 2. The topological polar surface area (TPSA) is 202 Å². The highest BCUT2D eigenvalue weighted by Crippen LogP contribution is 2.37. The van der Waals surface area contributed by atoms with E-state index in [0.29, 0.717) is 11.0 Å². The molecule has 1 atom stereocenters. The lowest BCUT2D eigenvalue weighted by Gasteiger charge is -2.28. The van der Waals surface area contributed by atoms with Crippen molar-refractivity contribution < 1.29 is 47.0 Å². The monoisotopic (exact) mass is 618 g/mol. The summed E-state index contributed by atoms with van der Waals surface area (Å²) < 4.78 is 27.0. The maximum Gasteiger partial charge on any atom is 0.302 e. The quantitative estimate of drug-likeness (QED) is 0.0374. The van der Waals surface area contributed by atoms with Gasteiger partial charge >= 0.3 is 5.69 Å². The van der Waals surface area contributed by atoms with E-state index in [1.54, 1.807) is 6.26 Å². The third kappa shape index (κ3) is 14.9. The van der Waals surface area contributed by atoms with Crippen LogP contribution in [-0.2, 0) is 27.9 Å². The minimum atomic E-state index is -4.56. The molecule has 41 heavy (non-hydrogen) atoms. The number of carbonyl (C=O) groups excluding carboxylic acids is 3. The molecule has 0 aliphatic carbocycles. The van der Waals surface area contributed by atoms with Crippen LogP contribution in [0.3, 0.4) is 0 Å². The van der Waals surface area contributed by atoms with E-state index in [2.05, 4.69) is 21.5 Å². The second-order valence-electron chi connectivity index (χ2n) is 9.26. The number of phosphoric acid groups is 1. The van der Waals surface area contributed by atoms with E-state index in [9.17, 15) is 34.0 Å². The second-order valence-corrected chi connectivity index (χ2v) is 11.5. The number of nitro groups is 1. The van der Waals surface area contributed by atoms with Gasteiger partial charge < -0.3 is 38.7 Å². The molecule has 0 aliphatic rings. The van der Waals surface area contributed by atoms with Gasteiger partial charge in [-0.15, -0.1) is 18.2 Å². The van der Waals surface area contributed by atoms with Crippen molar-refractivity contribution in [3.05, 3.63) is 27.9 Å². The lowest BCUT2D eigenvalue weighted by atomic mass is 10.2. The average molecular weight is 619 g/mol. The number of nitrogens with one attached hydrogen (secondary N) is 2.